The van der Waals surface area contributed by atoms with E-state index in [4.69, 9.17) is 0 Å². The molecule has 0 aliphatic rings. The fraction of sp³-hybridized carbons (Fsp3) is 0.200. The Bertz CT molecular complexity index is 96.4. The quantitative estimate of drug-likeness (QED) is 0.406. The summed E-state index contributed by atoms with van der Waals surface area (Å²) in [6.45, 7) is 6.00. The Morgan fingerprint density at radius 3 is 1.56 bits per heavy atom. The smallest absolute Gasteiger partial charge is 0.205 e. The van der Waals surface area contributed by atoms with Gasteiger partial charge in [-0.1, -0.05) is 0 Å². The number of rotatable bonds is 1. The maximum absolute atomic E-state index is 11.3. The summed E-state index contributed by atoms with van der Waals surface area (Å²) < 4.78 is 33.0. The zero-order chi connectivity index (χ0) is 7.86. The molecule has 0 bridgehead atoms. The molecule has 0 heterocycles. The van der Waals surface area contributed by atoms with Crippen LogP contribution in [0.4, 0.5) is 13.2 Å². The first-order valence-electron chi connectivity index (χ1n) is 1.94. The molecule has 0 aliphatic heterocycles. The van der Waals surface area contributed by atoms with Gasteiger partial charge in [0.15, 0.2) is 5.83 Å². The van der Waals surface area contributed by atoms with E-state index in [2.05, 4.69) is 24.8 Å². The molecule has 0 nitrogen and oxygen atoms in total. The molecular formula is C5H6ClF3. The van der Waals surface area contributed by atoms with Gasteiger partial charge < -0.3 is 0 Å². The summed E-state index contributed by atoms with van der Waals surface area (Å²) in [4.78, 5) is 0. The van der Waals surface area contributed by atoms with Gasteiger partial charge in [0.05, 0.1) is 5.88 Å². The molecule has 0 unspecified atom stereocenters. The minimum Gasteiger partial charge on any atom is -0.205 e. The summed E-state index contributed by atoms with van der Waals surface area (Å²) >= 11 is 4.63. The van der Waals surface area contributed by atoms with Gasteiger partial charge in [-0.3, -0.25) is 0 Å². The third-order valence-corrected chi connectivity index (χ3v) is 0.557. The molecule has 0 N–H and O–H groups in total. The SMILES string of the molecule is C=C.FC(F)=C(F)CCl. The summed E-state index contributed by atoms with van der Waals surface area (Å²) in [6, 6.07) is 0. The lowest BCUT2D eigenvalue weighted by atomic mass is 10.7. The second-order valence-electron chi connectivity index (χ2n) is 0.799. The van der Waals surface area contributed by atoms with Gasteiger partial charge in [-0.15, -0.1) is 24.8 Å². The standard InChI is InChI=1S/C3H2ClF3.C2H4/c4-1-2(5)3(6)7;1-2/h1H2;1-2H2. The molecule has 0 amide bonds. The van der Waals surface area contributed by atoms with Crippen LogP contribution in [-0.2, 0) is 0 Å². The van der Waals surface area contributed by atoms with Gasteiger partial charge in [0.25, 0.3) is 0 Å². The highest BCUT2D eigenvalue weighted by molar-refractivity contribution is 6.19. The number of allylic oxidation sites excluding steroid dienone is 1. The van der Waals surface area contributed by atoms with E-state index >= 15 is 0 Å². The van der Waals surface area contributed by atoms with Crippen molar-refractivity contribution < 1.29 is 13.2 Å². The van der Waals surface area contributed by atoms with Gasteiger partial charge in [-0.2, -0.15) is 8.78 Å². The molecule has 0 saturated heterocycles. The van der Waals surface area contributed by atoms with Crippen molar-refractivity contribution in [1.82, 2.24) is 0 Å². The highest BCUT2D eigenvalue weighted by atomic mass is 35.5. The molecule has 0 aromatic rings. The minimum atomic E-state index is -2.34. The van der Waals surface area contributed by atoms with Crippen molar-refractivity contribution in [3.63, 3.8) is 0 Å². The number of hydrogen-bond donors (Lipinski definition) is 0. The van der Waals surface area contributed by atoms with Gasteiger partial charge in [-0.05, 0) is 0 Å². The lowest BCUT2D eigenvalue weighted by Crippen LogP contribution is -1.73. The van der Waals surface area contributed by atoms with Crippen LogP contribution in [0.3, 0.4) is 0 Å². The molecular weight excluding hydrogens is 153 g/mol. The Balaban J connectivity index is 0. The number of alkyl halides is 1. The zero-order valence-corrected chi connectivity index (χ0v) is 5.39. The van der Waals surface area contributed by atoms with Crippen LogP contribution in [0, 0.1) is 0 Å². The fourth-order valence-corrected chi connectivity index (χ4v) is 0.152. The van der Waals surface area contributed by atoms with Crippen LogP contribution < -0.4 is 0 Å². The predicted octanol–water partition coefficient (Wildman–Crippen LogP) is 3.11. The Hall–Kier alpha value is -0.440. The molecule has 54 valence electrons. The van der Waals surface area contributed by atoms with E-state index in [1.54, 1.807) is 0 Å². The van der Waals surface area contributed by atoms with Crippen LogP contribution in [0.1, 0.15) is 0 Å². The molecule has 0 aliphatic carbocycles. The normalized spacial score (nSPS) is 7.11. The van der Waals surface area contributed by atoms with E-state index in [1.165, 1.54) is 0 Å². The Kier molecular flexibility index (Phi) is 9.55. The second kappa shape index (κ2) is 7.56. The third kappa shape index (κ3) is 7.56. The fourth-order valence-electron chi connectivity index (χ4n) is 0.0505. The maximum Gasteiger partial charge on any atom is 0.302 e. The van der Waals surface area contributed by atoms with Crippen molar-refractivity contribution >= 4 is 11.6 Å². The van der Waals surface area contributed by atoms with Gasteiger partial charge in [0, 0.05) is 0 Å². The second-order valence-corrected chi connectivity index (χ2v) is 1.07. The van der Waals surface area contributed by atoms with Gasteiger partial charge >= 0.3 is 6.08 Å². The van der Waals surface area contributed by atoms with Crippen LogP contribution in [0.2, 0.25) is 0 Å². The lowest BCUT2D eigenvalue weighted by Gasteiger charge is -1.80. The van der Waals surface area contributed by atoms with E-state index in [-0.39, 0.29) is 0 Å². The Labute approximate surface area is 56.6 Å². The topological polar surface area (TPSA) is 0 Å². The van der Waals surface area contributed by atoms with Crippen LogP contribution in [0.5, 0.6) is 0 Å². The number of hydrogen-bond acceptors (Lipinski definition) is 0. The van der Waals surface area contributed by atoms with Crippen LogP contribution >= 0.6 is 11.6 Å². The first-order chi connectivity index (χ1) is 4.18. The summed E-state index contributed by atoms with van der Waals surface area (Å²) in [5, 5.41) is 0. The molecule has 0 fully saturated rings. The molecule has 0 rings (SSSR count). The summed E-state index contributed by atoms with van der Waals surface area (Å²) in [5.41, 5.74) is 0. The summed E-state index contributed by atoms with van der Waals surface area (Å²) in [5.74, 6) is -2.30. The average molecular weight is 159 g/mol. The molecule has 0 spiro atoms. The molecule has 0 aromatic heterocycles. The Morgan fingerprint density at radius 2 is 1.56 bits per heavy atom. The van der Waals surface area contributed by atoms with Crippen molar-refractivity contribution in [3.05, 3.63) is 25.1 Å². The summed E-state index contributed by atoms with van der Waals surface area (Å²) in [7, 11) is 0. The van der Waals surface area contributed by atoms with E-state index in [9.17, 15) is 13.2 Å². The average Bonchev–Trinajstić information content (AvgIpc) is 1.91. The van der Waals surface area contributed by atoms with E-state index in [1.807, 2.05) is 0 Å². The van der Waals surface area contributed by atoms with Gasteiger partial charge in [-0.25, -0.2) is 4.39 Å². The molecule has 0 saturated carbocycles. The van der Waals surface area contributed by atoms with Gasteiger partial charge in [0.1, 0.15) is 0 Å². The van der Waals surface area contributed by atoms with E-state index < -0.39 is 17.8 Å². The zero-order valence-electron chi connectivity index (χ0n) is 4.63. The Morgan fingerprint density at radius 1 is 1.22 bits per heavy atom. The third-order valence-electron chi connectivity index (χ3n) is 0.322. The predicted molar refractivity (Wildman–Crippen MR) is 32.3 cm³/mol. The summed E-state index contributed by atoms with van der Waals surface area (Å²) in [6.07, 6.45) is -2.34. The van der Waals surface area contributed by atoms with Crippen LogP contribution in [0.15, 0.2) is 25.1 Å². The molecule has 9 heavy (non-hydrogen) atoms. The first-order valence-corrected chi connectivity index (χ1v) is 2.47. The van der Waals surface area contributed by atoms with Crippen LogP contribution in [-0.4, -0.2) is 5.88 Å². The number of halogens is 4. The van der Waals surface area contributed by atoms with E-state index in [0.717, 1.165) is 0 Å². The van der Waals surface area contributed by atoms with Crippen molar-refractivity contribution in [2.75, 3.05) is 5.88 Å². The monoisotopic (exact) mass is 158 g/mol. The molecule has 0 atom stereocenters. The highest BCUT2D eigenvalue weighted by Crippen LogP contribution is 2.09. The largest absolute Gasteiger partial charge is 0.302 e. The minimum absolute atomic E-state index is 0.748. The lowest BCUT2D eigenvalue weighted by molar-refractivity contribution is 0.381. The van der Waals surface area contributed by atoms with Crippen LogP contribution in [0.25, 0.3) is 0 Å². The molecule has 0 radical (unpaired) electrons. The van der Waals surface area contributed by atoms with E-state index in [0.29, 0.717) is 0 Å². The van der Waals surface area contributed by atoms with Crippen molar-refractivity contribution in [1.29, 1.82) is 0 Å². The van der Waals surface area contributed by atoms with Crippen molar-refractivity contribution in [3.8, 4) is 0 Å². The highest BCUT2D eigenvalue weighted by Gasteiger charge is 1.99. The first kappa shape index (κ1) is 11.4. The van der Waals surface area contributed by atoms with Crippen molar-refractivity contribution in [2.24, 2.45) is 0 Å². The molecule has 0 aromatic carbocycles. The molecule has 4 heteroatoms. The van der Waals surface area contributed by atoms with Gasteiger partial charge in [0.2, 0.25) is 0 Å². The maximum atomic E-state index is 11.3. The van der Waals surface area contributed by atoms with Crippen molar-refractivity contribution in [2.45, 2.75) is 0 Å².